The van der Waals surface area contributed by atoms with E-state index in [0.29, 0.717) is 18.1 Å². The van der Waals surface area contributed by atoms with Crippen molar-refractivity contribution < 1.29 is 4.79 Å². The minimum Gasteiger partial charge on any atom is -0.295 e. The second kappa shape index (κ2) is 5.14. The molecule has 14 heavy (non-hydrogen) atoms. The number of carbonyl (C=O) groups excluding carboxylic acids is 1. The summed E-state index contributed by atoms with van der Waals surface area (Å²) in [6, 6.07) is 0. The number of hydrogen-bond acceptors (Lipinski definition) is 1. The quantitative estimate of drug-likeness (QED) is 0.624. The van der Waals surface area contributed by atoms with E-state index in [4.69, 9.17) is 0 Å². The summed E-state index contributed by atoms with van der Waals surface area (Å²) in [5.74, 6) is 0.795. The second-order valence-electron chi connectivity index (χ2n) is 4.18. The van der Waals surface area contributed by atoms with Crippen molar-refractivity contribution in [2.45, 2.75) is 46.5 Å². The minimum atomic E-state index is 0.325. The van der Waals surface area contributed by atoms with Crippen molar-refractivity contribution in [3.63, 3.8) is 0 Å². The van der Waals surface area contributed by atoms with Crippen LogP contribution < -0.4 is 0 Å². The summed E-state index contributed by atoms with van der Waals surface area (Å²) in [6.07, 6.45) is 8.45. The van der Waals surface area contributed by atoms with Gasteiger partial charge in [0.1, 0.15) is 0 Å². The molecule has 0 aromatic rings. The first-order valence-electron chi connectivity index (χ1n) is 5.51. The Labute approximate surface area is 86.9 Å². The van der Waals surface area contributed by atoms with E-state index in [1.54, 1.807) is 0 Å². The Morgan fingerprint density at radius 1 is 1.64 bits per heavy atom. The first-order chi connectivity index (χ1) is 6.65. The molecule has 1 nitrogen and oxygen atoms in total. The summed E-state index contributed by atoms with van der Waals surface area (Å²) in [5, 5.41) is 0. The monoisotopic (exact) mass is 192 g/mol. The van der Waals surface area contributed by atoms with E-state index < -0.39 is 0 Å². The number of unbranched alkanes of at least 4 members (excludes halogenated alkanes) is 1. The lowest BCUT2D eigenvalue weighted by Gasteiger charge is -2.20. The van der Waals surface area contributed by atoms with Crippen LogP contribution in [0, 0.1) is 5.92 Å². The molecule has 0 amide bonds. The van der Waals surface area contributed by atoms with Crippen molar-refractivity contribution in [1.82, 2.24) is 0 Å². The summed E-state index contributed by atoms with van der Waals surface area (Å²) in [5.41, 5.74) is 2.34. The summed E-state index contributed by atoms with van der Waals surface area (Å²) in [7, 11) is 0. The smallest absolute Gasteiger partial charge is 0.158 e. The van der Waals surface area contributed by atoms with Gasteiger partial charge in [0.2, 0.25) is 0 Å². The predicted molar refractivity (Wildman–Crippen MR) is 60.2 cm³/mol. The van der Waals surface area contributed by atoms with Crippen LogP contribution in [0.1, 0.15) is 46.5 Å². The Balaban J connectivity index is 2.60. The molecule has 0 aromatic heterocycles. The van der Waals surface area contributed by atoms with Crippen molar-refractivity contribution >= 4 is 5.78 Å². The van der Waals surface area contributed by atoms with Crippen LogP contribution in [0.15, 0.2) is 23.3 Å². The van der Waals surface area contributed by atoms with E-state index in [-0.39, 0.29) is 0 Å². The van der Waals surface area contributed by atoms with Gasteiger partial charge in [-0.3, -0.25) is 4.79 Å². The predicted octanol–water partition coefficient (Wildman–Crippen LogP) is 3.66. The molecule has 0 radical (unpaired) electrons. The van der Waals surface area contributed by atoms with Crippen LogP contribution in [0.2, 0.25) is 0 Å². The van der Waals surface area contributed by atoms with E-state index in [9.17, 15) is 4.79 Å². The maximum atomic E-state index is 11.5. The molecule has 78 valence electrons. The average molecular weight is 192 g/mol. The van der Waals surface area contributed by atoms with Crippen LogP contribution in [-0.2, 0) is 4.79 Å². The third kappa shape index (κ3) is 2.83. The fourth-order valence-corrected chi connectivity index (χ4v) is 1.79. The van der Waals surface area contributed by atoms with Gasteiger partial charge >= 0.3 is 0 Å². The number of hydrogen-bond donors (Lipinski definition) is 0. The highest BCUT2D eigenvalue weighted by atomic mass is 16.1. The van der Waals surface area contributed by atoms with E-state index in [2.05, 4.69) is 26.0 Å². The van der Waals surface area contributed by atoms with Gasteiger partial charge in [-0.25, -0.2) is 0 Å². The lowest BCUT2D eigenvalue weighted by molar-refractivity contribution is -0.116. The van der Waals surface area contributed by atoms with Crippen LogP contribution >= 0.6 is 0 Å². The zero-order valence-electron chi connectivity index (χ0n) is 9.47. The molecule has 0 aromatic carbocycles. The SMILES string of the molecule is CCCC=C(C)[C@H]1CC=C(C)C(=O)C1. The molecule has 0 saturated carbocycles. The van der Waals surface area contributed by atoms with Crippen molar-refractivity contribution in [2.24, 2.45) is 5.92 Å². The van der Waals surface area contributed by atoms with Gasteiger partial charge in [0.15, 0.2) is 5.78 Å². The molecular formula is C13H20O. The van der Waals surface area contributed by atoms with Crippen LogP contribution in [0.5, 0.6) is 0 Å². The summed E-state index contributed by atoms with van der Waals surface area (Å²) < 4.78 is 0. The van der Waals surface area contributed by atoms with E-state index in [1.807, 2.05) is 6.92 Å². The van der Waals surface area contributed by atoms with Crippen molar-refractivity contribution in [3.05, 3.63) is 23.3 Å². The van der Waals surface area contributed by atoms with Crippen LogP contribution in [0.3, 0.4) is 0 Å². The maximum Gasteiger partial charge on any atom is 0.158 e. The zero-order chi connectivity index (χ0) is 10.6. The van der Waals surface area contributed by atoms with Crippen LogP contribution in [-0.4, -0.2) is 5.78 Å². The fourth-order valence-electron chi connectivity index (χ4n) is 1.79. The molecule has 0 aliphatic heterocycles. The first-order valence-corrected chi connectivity index (χ1v) is 5.51. The third-order valence-electron chi connectivity index (χ3n) is 2.98. The number of allylic oxidation sites excluding steroid dienone is 4. The van der Waals surface area contributed by atoms with Crippen molar-refractivity contribution in [1.29, 1.82) is 0 Å². The van der Waals surface area contributed by atoms with Gasteiger partial charge in [0, 0.05) is 6.42 Å². The van der Waals surface area contributed by atoms with Gasteiger partial charge < -0.3 is 0 Å². The number of rotatable bonds is 3. The molecule has 0 N–H and O–H groups in total. The lowest BCUT2D eigenvalue weighted by atomic mass is 9.84. The highest BCUT2D eigenvalue weighted by molar-refractivity contribution is 5.95. The third-order valence-corrected chi connectivity index (χ3v) is 2.98. The molecule has 1 aliphatic carbocycles. The normalized spacial score (nSPS) is 23.6. The van der Waals surface area contributed by atoms with E-state index >= 15 is 0 Å². The van der Waals surface area contributed by atoms with Gasteiger partial charge in [-0.15, -0.1) is 0 Å². The molecule has 0 fully saturated rings. The summed E-state index contributed by atoms with van der Waals surface area (Å²) >= 11 is 0. The van der Waals surface area contributed by atoms with Gasteiger partial charge in [0.05, 0.1) is 0 Å². The second-order valence-corrected chi connectivity index (χ2v) is 4.18. The van der Waals surface area contributed by atoms with Gasteiger partial charge in [-0.2, -0.15) is 0 Å². The van der Waals surface area contributed by atoms with Gasteiger partial charge in [-0.05, 0) is 38.2 Å². The van der Waals surface area contributed by atoms with Crippen LogP contribution in [0.25, 0.3) is 0 Å². The Morgan fingerprint density at radius 2 is 2.36 bits per heavy atom. The summed E-state index contributed by atoms with van der Waals surface area (Å²) in [4.78, 5) is 11.5. The standard InChI is InChI=1S/C13H20O/c1-4-5-6-10(2)12-8-7-11(3)13(14)9-12/h6-7,12H,4-5,8-9H2,1-3H3/t12-/m0/s1. The average Bonchev–Trinajstić information content (AvgIpc) is 2.18. The molecule has 1 aliphatic rings. The Morgan fingerprint density at radius 3 is 2.93 bits per heavy atom. The number of ketones is 1. The lowest BCUT2D eigenvalue weighted by Crippen LogP contribution is -2.15. The van der Waals surface area contributed by atoms with Gasteiger partial charge in [-0.1, -0.05) is 31.1 Å². The topological polar surface area (TPSA) is 17.1 Å². The Kier molecular flexibility index (Phi) is 4.12. The molecule has 0 saturated heterocycles. The van der Waals surface area contributed by atoms with E-state index in [0.717, 1.165) is 18.4 Å². The largest absolute Gasteiger partial charge is 0.295 e. The first kappa shape index (κ1) is 11.2. The molecule has 0 bridgehead atoms. The van der Waals surface area contributed by atoms with Crippen molar-refractivity contribution in [2.75, 3.05) is 0 Å². The molecule has 0 unspecified atom stereocenters. The van der Waals surface area contributed by atoms with Gasteiger partial charge in [0.25, 0.3) is 0 Å². The van der Waals surface area contributed by atoms with Crippen LogP contribution in [0.4, 0.5) is 0 Å². The molecule has 0 spiro atoms. The number of carbonyl (C=O) groups is 1. The van der Waals surface area contributed by atoms with Crippen molar-refractivity contribution in [3.8, 4) is 0 Å². The fraction of sp³-hybridized carbons (Fsp3) is 0.615. The molecule has 0 heterocycles. The molecule has 1 heteroatoms. The molecule has 1 rings (SSSR count). The Hall–Kier alpha value is -0.850. The minimum absolute atomic E-state index is 0.325. The molecular weight excluding hydrogens is 172 g/mol. The highest BCUT2D eigenvalue weighted by Crippen LogP contribution is 2.26. The zero-order valence-corrected chi connectivity index (χ0v) is 9.47. The Bertz CT molecular complexity index is 271. The molecule has 1 atom stereocenters. The summed E-state index contributed by atoms with van der Waals surface area (Å²) in [6.45, 7) is 6.26. The highest BCUT2D eigenvalue weighted by Gasteiger charge is 2.19. The maximum absolute atomic E-state index is 11.5. The number of Topliss-reactive ketones (excluding diaryl/α,β-unsaturated/α-hetero) is 1. The van der Waals surface area contributed by atoms with E-state index in [1.165, 1.54) is 12.0 Å².